The van der Waals surface area contributed by atoms with Crippen LogP contribution in [-0.2, 0) is 5.41 Å². The summed E-state index contributed by atoms with van der Waals surface area (Å²) in [7, 11) is 1.78. The van der Waals surface area contributed by atoms with Crippen molar-refractivity contribution in [2.75, 3.05) is 13.7 Å². The predicted octanol–water partition coefficient (Wildman–Crippen LogP) is 15.5. The standard InChI is InChI=1S/C57H88N2O3/c1-32-28-41(60)29-33(2)44(32)48-46(50(10,11)12)42-30-43(61-27)34(3)37(6)47(42)59(48)40(9)45-35(4)38(7)49(39(8)36(45)5)62-51(13,14)31-58-56(23,24)54(19,20)52(15,16)53(17,18)55(21,22)57(58,25)26/h28-30,40,60H,31H2,1-27H3. The van der Waals surface area contributed by atoms with Crippen molar-refractivity contribution < 1.29 is 14.6 Å². The summed E-state index contributed by atoms with van der Waals surface area (Å²) in [6, 6.07) is 6.06. The minimum atomic E-state index is -0.506. The molecule has 3 aromatic carbocycles. The third kappa shape index (κ3) is 6.86. The summed E-state index contributed by atoms with van der Waals surface area (Å²) in [6.45, 7) is 62.5. The summed E-state index contributed by atoms with van der Waals surface area (Å²) in [5.74, 6) is 2.20. The fourth-order valence-corrected chi connectivity index (χ4v) is 12.4. The highest BCUT2D eigenvalue weighted by Crippen LogP contribution is 2.69. The van der Waals surface area contributed by atoms with Gasteiger partial charge in [0.15, 0.2) is 0 Å². The SMILES string of the molecule is COc1cc2c(C(C)(C)C)c(-c3c(C)cc(O)cc3C)n(C(C)c3c(C)c(C)c(OC(C)(C)CN4C(C)(C)C(C)(C)C(C)(C)C(C)(C)C(C)(C)C4(C)C)c(C)c3C)c2c(C)c1C. The van der Waals surface area contributed by atoms with Crippen molar-refractivity contribution in [3.63, 3.8) is 0 Å². The molecular weight excluding hydrogens is 761 g/mol. The van der Waals surface area contributed by atoms with E-state index in [1.54, 1.807) is 7.11 Å². The van der Waals surface area contributed by atoms with Gasteiger partial charge in [0.25, 0.3) is 0 Å². The Morgan fingerprint density at radius 3 is 1.45 bits per heavy atom. The number of hydrogen-bond acceptors (Lipinski definition) is 4. The highest BCUT2D eigenvalue weighted by Gasteiger charge is 2.69. The quantitative estimate of drug-likeness (QED) is 0.192. The second-order valence-electron chi connectivity index (χ2n) is 24.5. The summed E-state index contributed by atoms with van der Waals surface area (Å²) in [5.41, 5.74) is 14.6. The van der Waals surface area contributed by atoms with Gasteiger partial charge in [-0.15, -0.1) is 0 Å². The maximum absolute atomic E-state index is 10.8. The van der Waals surface area contributed by atoms with E-state index in [1.165, 1.54) is 61.1 Å². The first-order valence-corrected chi connectivity index (χ1v) is 23.4. The molecule has 1 atom stereocenters. The Bertz CT molecular complexity index is 2330. The molecule has 1 aromatic heterocycles. The van der Waals surface area contributed by atoms with Crippen LogP contribution >= 0.6 is 0 Å². The molecule has 1 fully saturated rings. The van der Waals surface area contributed by atoms with Crippen LogP contribution in [0.15, 0.2) is 18.2 Å². The Labute approximate surface area is 379 Å². The zero-order chi connectivity index (χ0) is 47.8. The molecule has 4 aromatic rings. The van der Waals surface area contributed by atoms with Crippen molar-refractivity contribution in [2.24, 2.45) is 21.7 Å². The molecule has 344 valence electrons. The number of hydrogen-bond donors (Lipinski definition) is 1. The van der Waals surface area contributed by atoms with Crippen molar-refractivity contribution in [1.29, 1.82) is 0 Å². The number of methoxy groups -OCH3 is 1. The molecule has 0 saturated carbocycles. The number of phenols is 1. The fourth-order valence-electron chi connectivity index (χ4n) is 12.4. The molecule has 1 unspecified atom stereocenters. The lowest BCUT2D eigenvalue weighted by Crippen LogP contribution is -2.67. The molecule has 0 spiro atoms. The Morgan fingerprint density at radius 2 is 1.05 bits per heavy atom. The average molecular weight is 849 g/mol. The van der Waals surface area contributed by atoms with Crippen molar-refractivity contribution in [3.05, 3.63) is 73.8 Å². The number of nitrogens with zero attached hydrogens (tertiary/aromatic N) is 2. The minimum Gasteiger partial charge on any atom is -0.508 e. The van der Waals surface area contributed by atoms with Gasteiger partial charge in [-0.05, 0) is 205 Å². The van der Waals surface area contributed by atoms with E-state index in [0.29, 0.717) is 5.75 Å². The van der Waals surface area contributed by atoms with E-state index < -0.39 is 5.60 Å². The van der Waals surface area contributed by atoms with Crippen LogP contribution in [0.4, 0.5) is 0 Å². The van der Waals surface area contributed by atoms with Crippen LogP contribution < -0.4 is 9.47 Å². The maximum Gasteiger partial charge on any atom is 0.126 e. The fraction of sp³-hybridized carbons (Fsp3) is 0.649. The summed E-state index contributed by atoms with van der Waals surface area (Å²) in [4.78, 5) is 2.81. The molecule has 1 N–H and O–H groups in total. The van der Waals surface area contributed by atoms with Crippen LogP contribution in [-0.4, -0.2) is 44.9 Å². The van der Waals surface area contributed by atoms with E-state index in [9.17, 15) is 5.11 Å². The predicted molar refractivity (Wildman–Crippen MR) is 267 cm³/mol. The maximum atomic E-state index is 10.8. The number of benzene rings is 3. The lowest BCUT2D eigenvalue weighted by Gasteiger charge is -2.60. The molecule has 5 heteroatoms. The Kier molecular flexibility index (Phi) is 12.0. The molecule has 5 nitrogen and oxygen atoms in total. The molecule has 5 rings (SSSR count). The summed E-state index contributed by atoms with van der Waals surface area (Å²) in [6.07, 6.45) is 0. The van der Waals surface area contributed by atoms with Crippen LogP contribution in [0.1, 0.15) is 186 Å². The van der Waals surface area contributed by atoms with E-state index in [1.807, 2.05) is 12.1 Å². The van der Waals surface area contributed by atoms with Crippen molar-refractivity contribution in [2.45, 2.75) is 208 Å². The number of phenolic OH excluding ortho intramolecular Hbond substituents is 1. The zero-order valence-corrected chi connectivity index (χ0v) is 44.7. The van der Waals surface area contributed by atoms with Gasteiger partial charge in [0.05, 0.1) is 24.4 Å². The number of ether oxygens (including phenoxy) is 2. The third-order valence-electron chi connectivity index (χ3n) is 19.0. The lowest BCUT2D eigenvalue weighted by molar-refractivity contribution is -0.115. The average Bonchev–Trinajstić information content (AvgIpc) is 3.46. The van der Waals surface area contributed by atoms with Gasteiger partial charge in [0.2, 0.25) is 0 Å². The Morgan fingerprint density at radius 1 is 0.613 bits per heavy atom. The largest absolute Gasteiger partial charge is 0.508 e. The lowest BCUT2D eigenvalue weighted by atomic mass is 9.43. The third-order valence-corrected chi connectivity index (χ3v) is 19.0. The Balaban J connectivity index is 1.76. The monoisotopic (exact) mass is 849 g/mol. The molecule has 1 aliphatic rings. The molecular formula is C57H88N2O3. The molecule has 1 saturated heterocycles. The summed E-state index contributed by atoms with van der Waals surface area (Å²) >= 11 is 0. The van der Waals surface area contributed by atoms with Gasteiger partial charge in [0.1, 0.15) is 22.8 Å². The van der Waals surface area contributed by atoms with Gasteiger partial charge < -0.3 is 19.1 Å². The smallest absolute Gasteiger partial charge is 0.126 e. The van der Waals surface area contributed by atoms with Crippen LogP contribution in [0.25, 0.3) is 22.2 Å². The first kappa shape index (κ1) is 49.6. The van der Waals surface area contributed by atoms with E-state index in [0.717, 1.165) is 34.7 Å². The zero-order valence-electron chi connectivity index (χ0n) is 44.7. The minimum absolute atomic E-state index is 0.0273. The number of aryl methyl sites for hydroxylation is 3. The van der Waals surface area contributed by atoms with Gasteiger partial charge in [-0.1, -0.05) is 76.2 Å². The first-order valence-electron chi connectivity index (χ1n) is 23.4. The topological polar surface area (TPSA) is 46.9 Å². The van der Waals surface area contributed by atoms with Gasteiger partial charge in [-0.3, -0.25) is 4.90 Å². The number of likely N-dealkylation sites (tertiary alicyclic amines) is 1. The number of aromatic hydroxyl groups is 1. The van der Waals surface area contributed by atoms with Gasteiger partial charge in [0, 0.05) is 28.6 Å². The highest BCUT2D eigenvalue weighted by molar-refractivity contribution is 5.98. The van der Waals surface area contributed by atoms with Crippen LogP contribution in [0.5, 0.6) is 17.2 Å². The van der Waals surface area contributed by atoms with Crippen LogP contribution in [0.2, 0.25) is 0 Å². The first-order chi connectivity index (χ1) is 27.8. The van der Waals surface area contributed by atoms with Gasteiger partial charge >= 0.3 is 0 Å². The van der Waals surface area contributed by atoms with Crippen LogP contribution in [0.3, 0.4) is 0 Å². The molecule has 0 amide bonds. The number of aromatic nitrogens is 1. The van der Waals surface area contributed by atoms with E-state index in [-0.39, 0.29) is 44.2 Å². The van der Waals surface area contributed by atoms with E-state index >= 15 is 0 Å². The van der Waals surface area contributed by atoms with Crippen molar-refractivity contribution in [1.82, 2.24) is 9.47 Å². The molecule has 0 radical (unpaired) electrons. The van der Waals surface area contributed by atoms with Gasteiger partial charge in [-0.25, -0.2) is 0 Å². The Hall–Kier alpha value is -3.44. The number of fused-ring (bicyclic) bond motifs is 1. The normalized spacial score (nSPS) is 20.0. The summed E-state index contributed by atoms with van der Waals surface area (Å²) < 4.78 is 16.1. The van der Waals surface area contributed by atoms with Crippen molar-refractivity contribution in [3.8, 4) is 28.5 Å². The molecule has 1 aliphatic heterocycles. The number of rotatable bonds is 8. The highest BCUT2D eigenvalue weighted by atomic mass is 16.5. The second kappa shape index (κ2) is 15.1. The molecule has 0 aliphatic carbocycles. The van der Waals surface area contributed by atoms with Crippen molar-refractivity contribution >= 4 is 10.9 Å². The molecule has 62 heavy (non-hydrogen) atoms. The second-order valence-corrected chi connectivity index (χ2v) is 24.5. The summed E-state index contributed by atoms with van der Waals surface area (Å²) in [5, 5.41) is 12.0. The van der Waals surface area contributed by atoms with E-state index in [2.05, 4.69) is 196 Å². The molecule has 2 heterocycles. The van der Waals surface area contributed by atoms with Crippen LogP contribution in [0, 0.1) is 77.0 Å². The molecule has 0 bridgehead atoms. The van der Waals surface area contributed by atoms with E-state index in [4.69, 9.17) is 9.47 Å². The van der Waals surface area contributed by atoms with Gasteiger partial charge in [-0.2, -0.15) is 0 Å².